The van der Waals surface area contributed by atoms with Gasteiger partial charge in [-0.25, -0.2) is 4.98 Å². The van der Waals surface area contributed by atoms with Gasteiger partial charge in [-0.15, -0.1) is 0 Å². The molecule has 1 aromatic carbocycles. The van der Waals surface area contributed by atoms with Crippen molar-refractivity contribution in [2.75, 3.05) is 0 Å². The topological polar surface area (TPSA) is 17.8 Å². The standard InChI is InChI=1S/C16H19ClN2/c1-16(2,3)14(11-19-9-8-18-12-19)10-13-4-6-15(17)7-5-13/h4-9,11-12H,10H2,1-3H3/b14-11-. The van der Waals surface area contributed by atoms with E-state index in [1.54, 1.807) is 6.20 Å². The number of allylic oxidation sites excluding steroid dienone is 1. The van der Waals surface area contributed by atoms with Crippen LogP contribution < -0.4 is 0 Å². The largest absolute Gasteiger partial charge is 0.313 e. The van der Waals surface area contributed by atoms with Crippen molar-refractivity contribution in [1.82, 2.24) is 9.55 Å². The van der Waals surface area contributed by atoms with Crippen LogP contribution in [0.5, 0.6) is 0 Å². The number of aromatic nitrogens is 2. The second-order valence-electron chi connectivity index (χ2n) is 5.72. The molecule has 2 nitrogen and oxygen atoms in total. The van der Waals surface area contributed by atoms with E-state index in [0.29, 0.717) is 0 Å². The Labute approximate surface area is 119 Å². The Morgan fingerprint density at radius 3 is 2.47 bits per heavy atom. The van der Waals surface area contributed by atoms with E-state index >= 15 is 0 Å². The molecular formula is C16H19ClN2. The fourth-order valence-electron chi connectivity index (χ4n) is 1.85. The number of nitrogens with zero attached hydrogens (tertiary/aromatic N) is 2. The van der Waals surface area contributed by atoms with Crippen molar-refractivity contribution >= 4 is 17.8 Å². The Kier molecular flexibility index (Phi) is 4.11. The maximum atomic E-state index is 5.93. The van der Waals surface area contributed by atoms with Gasteiger partial charge in [0.05, 0.1) is 6.33 Å². The van der Waals surface area contributed by atoms with Gasteiger partial charge < -0.3 is 4.57 Å². The van der Waals surface area contributed by atoms with Gasteiger partial charge in [0.25, 0.3) is 0 Å². The average molecular weight is 275 g/mol. The highest BCUT2D eigenvalue weighted by Crippen LogP contribution is 2.29. The maximum absolute atomic E-state index is 5.93. The summed E-state index contributed by atoms with van der Waals surface area (Å²) in [6.07, 6.45) is 8.63. The van der Waals surface area contributed by atoms with Crippen LogP contribution in [-0.4, -0.2) is 9.55 Å². The lowest BCUT2D eigenvalue weighted by Crippen LogP contribution is -2.12. The molecule has 0 aliphatic carbocycles. The zero-order valence-electron chi connectivity index (χ0n) is 11.6. The van der Waals surface area contributed by atoms with Crippen molar-refractivity contribution in [3.63, 3.8) is 0 Å². The van der Waals surface area contributed by atoms with E-state index < -0.39 is 0 Å². The molecule has 0 atom stereocenters. The summed E-state index contributed by atoms with van der Waals surface area (Å²) >= 11 is 5.93. The molecule has 100 valence electrons. The van der Waals surface area contributed by atoms with Crippen molar-refractivity contribution in [3.05, 3.63) is 59.1 Å². The van der Waals surface area contributed by atoms with E-state index in [2.05, 4.69) is 44.1 Å². The van der Waals surface area contributed by atoms with Crippen molar-refractivity contribution in [1.29, 1.82) is 0 Å². The van der Waals surface area contributed by atoms with Gasteiger partial charge in [0.1, 0.15) is 0 Å². The van der Waals surface area contributed by atoms with E-state index in [9.17, 15) is 0 Å². The number of benzene rings is 1. The minimum atomic E-state index is 0.115. The van der Waals surface area contributed by atoms with Crippen molar-refractivity contribution in [3.8, 4) is 0 Å². The molecule has 1 heterocycles. The molecule has 0 spiro atoms. The Morgan fingerprint density at radius 1 is 1.26 bits per heavy atom. The predicted molar refractivity (Wildman–Crippen MR) is 81.1 cm³/mol. The molecule has 0 fully saturated rings. The number of hydrogen-bond donors (Lipinski definition) is 0. The van der Waals surface area contributed by atoms with Gasteiger partial charge in [0.15, 0.2) is 0 Å². The lowest BCUT2D eigenvalue weighted by Gasteiger charge is -2.23. The molecule has 0 amide bonds. The summed E-state index contributed by atoms with van der Waals surface area (Å²) in [5, 5.41) is 0.777. The van der Waals surface area contributed by atoms with Crippen molar-refractivity contribution in [2.45, 2.75) is 27.2 Å². The highest BCUT2D eigenvalue weighted by atomic mass is 35.5. The van der Waals surface area contributed by atoms with Crippen LogP contribution in [0.25, 0.3) is 6.20 Å². The van der Waals surface area contributed by atoms with Crippen LogP contribution in [0.2, 0.25) is 5.02 Å². The van der Waals surface area contributed by atoms with Gasteiger partial charge in [-0.2, -0.15) is 0 Å². The van der Waals surface area contributed by atoms with E-state index in [4.69, 9.17) is 11.6 Å². The number of rotatable bonds is 3. The first-order chi connectivity index (χ1) is 8.95. The van der Waals surface area contributed by atoms with Crippen LogP contribution in [0.1, 0.15) is 26.3 Å². The fraction of sp³-hybridized carbons (Fsp3) is 0.312. The number of imidazole rings is 1. The Bertz CT molecular complexity index is 545. The maximum Gasteiger partial charge on any atom is 0.0986 e. The summed E-state index contributed by atoms with van der Waals surface area (Å²) in [6.45, 7) is 6.68. The molecule has 0 aliphatic heterocycles. The molecular weight excluding hydrogens is 256 g/mol. The van der Waals surface area contributed by atoms with E-state index in [-0.39, 0.29) is 5.41 Å². The average Bonchev–Trinajstić information content (AvgIpc) is 2.83. The van der Waals surface area contributed by atoms with Crippen LogP contribution in [0.15, 0.2) is 48.6 Å². The van der Waals surface area contributed by atoms with Crippen LogP contribution in [0, 0.1) is 5.41 Å². The highest BCUT2D eigenvalue weighted by molar-refractivity contribution is 6.30. The van der Waals surface area contributed by atoms with E-state index in [0.717, 1.165) is 11.4 Å². The normalized spacial score (nSPS) is 12.7. The molecule has 0 bridgehead atoms. The smallest absolute Gasteiger partial charge is 0.0986 e. The van der Waals surface area contributed by atoms with Gasteiger partial charge in [-0.3, -0.25) is 0 Å². The lowest BCUT2D eigenvalue weighted by molar-refractivity contribution is 0.493. The first kappa shape index (κ1) is 13.9. The summed E-state index contributed by atoms with van der Waals surface area (Å²) in [7, 11) is 0. The van der Waals surface area contributed by atoms with E-state index in [1.807, 2.05) is 29.2 Å². The minimum absolute atomic E-state index is 0.115. The predicted octanol–water partition coefficient (Wildman–Crippen LogP) is 4.67. The summed E-state index contributed by atoms with van der Waals surface area (Å²) in [5.74, 6) is 0. The number of halogens is 1. The third-order valence-corrected chi connectivity index (χ3v) is 3.35. The van der Waals surface area contributed by atoms with Crippen LogP contribution in [0.3, 0.4) is 0 Å². The summed E-state index contributed by atoms with van der Waals surface area (Å²) in [5.41, 5.74) is 2.74. The molecule has 19 heavy (non-hydrogen) atoms. The molecule has 0 N–H and O–H groups in total. The van der Waals surface area contributed by atoms with Crippen molar-refractivity contribution in [2.24, 2.45) is 5.41 Å². The molecule has 0 radical (unpaired) electrons. The number of hydrogen-bond acceptors (Lipinski definition) is 1. The SMILES string of the molecule is CC(C)(C)/C(=C\n1ccnc1)Cc1ccc(Cl)cc1. The summed E-state index contributed by atoms with van der Waals surface area (Å²) in [6, 6.07) is 8.04. The van der Waals surface area contributed by atoms with Gasteiger partial charge in [-0.05, 0) is 35.1 Å². The monoisotopic (exact) mass is 274 g/mol. The van der Waals surface area contributed by atoms with Crippen molar-refractivity contribution < 1.29 is 0 Å². The van der Waals surface area contributed by atoms with E-state index in [1.165, 1.54) is 11.1 Å². The Hall–Kier alpha value is -1.54. The van der Waals surface area contributed by atoms with Gasteiger partial charge in [0, 0.05) is 23.6 Å². The zero-order valence-corrected chi connectivity index (χ0v) is 12.4. The van der Waals surface area contributed by atoms with Gasteiger partial charge in [0.2, 0.25) is 0 Å². The van der Waals surface area contributed by atoms with Gasteiger partial charge >= 0.3 is 0 Å². The Morgan fingerprint density at radius 2 is 1.95 bits per heavy atom. The second-order valence-corrected chi connectivity index (χ2v) is 6.15. The summed E-state index contributed by atoms with van der Waals surface area (Å²) in [4.78, 5) is 4.08. The van der Waals surface area contributed by atoms with Gasteiger partial charge in [-0.1, -0.05) is 44.5 Å². The molecule has 1 aromatic heterocycles. The molecule has 0 unspecified atom stereocenters. The Balaban J connectivity index is 2.27. The second kappa shape index (κ2) is 5.62. The minimum Gasteiger partial charge on any atom is -0.313 e. The van der Waals surface area contributed by atoms with Crippen LogP contribution >= 0.6 is 11.6 Å². The molecule has 2 aromatic rings. The van der Waals surface area contributed by atoms with Crippen LogP contribution in [0.4, 0.5) is 0 Å². The first-order valence-electron chi connectivity index (χ1n) is 6.38. The molecule has 3 heteroatoms. The first-order valence-corrected chi connectivity index (χ1v) is 6.76. The molecule has 0 saturated carbocycles. The third kappa shape index (κ3) is 3.97. The van der Waals surface area contributed by atoms with Crippen LogP contribution in [-0.2, 0) is 6.42 Å². The fourth-order valence-corrected chi connectivity index (χ4v) is 1.98. The third-order valence-electron chi connectivity index (χ3n) is 3.10. The molecule has 2 rings (SSSR count). The lowest BCUT2D eigenvalue weighted by atomic mass is 9.83. The quantitative estimate of drug-likeness (QED) is 0.795. The highest BCUT2D eigenvalue weighted by Gasteiger charge is 2.17. The molecule has 0 saturated heterocycles. The summed E-state index contributed by atoms with van der Waals surface area (Å²) < 4.78 is 2.00. The molecule has 0 aliphatic rings. The zero-order chi connectivity index (χ0) is 13.9.